The monoisotopic (exact) mass is 354 g/mol. The van der Waals surface area contributed by atoms with Crippen LogP contribution in [-0.2, 0) is 0 Å². The van der Waals surface area contributed by atoms with E-state index in [0.717, 1.165) is 21.9 Å². The normalized spacial score (nSPS) is 15.4. The average Bonchev–Trinajstić information content (AvgIpc) is 3.09. The number of hydrogen-bond acceptors (Lipinski definition) is 7. The number of benzene rings is 1. The van der Waals surface area contributed by atoms with Crippen LogP contribution >= 0.6 is 23.1 Å². The molecule has 1 atom stereocenters. The third-order valence-corrected chi connectivity index (χ3v) is 5.21. The molecule has 0 unspecified atom stereocenters. The van der Waals surface area contributed by atoms with Gasteiger partial charge in [0.05, 0.1) is 4.88 Å². The predicted octanol–water partition coefficient (Wildman–Crippen LogP) is 4.38. The number of rotatable bonds is 4. The van der Waals surface area contributed by atoms with Gasteiger partial charge < -0.3 is 10.1 Å². The molecule has 7 heteroatoms. The van der Waals surface area contributed by atoms with Crippen molar-refractivity contribution in [1.29, 1.82) is 0 Å². The van der Waals surface area contributed by atoms with Crippen LogP contribution in [0.2, 0.25) is 0 Å². The Kier molecular flexibility index (Phi) is 4.18. The Bertz CT molecular complexity index is 867. The summed E-state index contributed by atoms with van der Waals surface area (Å²) in [5, 5.41) is 14.6. The van der Waals surface area contributed by atoms with E-state index in [9.17, 15) is 0 Å². The number of fused-ring (bicyclic) bond motifs is 3. The van der Waals surface area contributed by atoms with E-state index in [-0.39, 0.29) is 6.23 Å². The lowest BCUT2D eigenvalue weighted by Gasteiger charge is -2.17. The average molecular weight is 354 g/mol. The molecule has 1 N–H and O–H groups in total. The molecule has 0 saturated carbocycles. The van der Waals surface area contributed by atoms with Crippen molar-refractivity contribution in [3.63, 3.8) is 0 Å². The van der Waals surface area contributed by atoms with Crippen LogP contribution in [0.3, 0.4) is 0 Å². The molecule has 2 aromatic heterocycles. The fourth-order valence-corrected chi connectivity index (χ4v) is 3.63. The van der Waals surface area contributed by atoms with Crippen LogP contribution in [0.25, 0.3) is 11.3 Å². The summed E-state index contributed by atoms with van der Waals surface area (Å²) in [5.41, 5.74) is 2.55. The Morgan fingerprint density at radius 3 is 3.00 bits per heavy atom. The molecule has 1 aliphatic heterocycles. The third-order valence-electron chi connectivity index (χ3n) is 3.47. The Labute approximate surface area is 147 Å². The van der Waals surface area contributed by atoms with Gasteiger partial charge in [0, 0.05) is 17.0 Å². The van der Waals surface area contributed by atoms with E-state index < -0.39 is 0 Å². The quantitative estimate of drug-likeness (QED) is 0.554. The van der Waals surface area contributed by atoms with Gasteiger partial charge in [-0.15, -0.1) is 28.1 Å². The highest BCUT2D eigenvalue weighted by Gasteiger charge is 2.26. The number of para-hydroxylation sites is 1. The highest BCUT2D eigenvalue weighted by atomic mass is 32.2. The molecular formula is C17H14N4OS2. The van der Waals surface area contributed by atoms with Gasteiger partial charge in [-0.1, -0.05) is 42.1 Å². The van der Waals surface area contributed by atoms with Crippen molar-refractivity contribution < 1.29 is 4.74 Å². The summed E-state index contributed by atoms with van der Waals surface area (Å²) in [6, 6.07) is 12.0. The van der Waals surface area contributed by atoms with Crippen LogP contribution in [0, 0.1) is 0 Å². The van der Waals surface area contributed by atoms with E-state index in [1.165, 1.54) is 11.8 Å². The summed E-state index contributed by atoms with van der Waals surface area (Å²) in [4.78, 5) is 5.63. The van der Waals surface area contributed by atoms with E-state index >= 15 is 0 Å². The highest BCUT2D eigenvalue weighted by Crippen LogP contribution is 2.40. The molecule has 120 valence electrons. The second kappa shape index (κ2) is 6.62. The fourth-order valence-electron chi connectivity index (χ4n) is 2.41. The van der Waals surface area contributed by atoms with Crippen LogP contribution in [0.5, 0.6) is 5.88 Å². The number of hydrogen-bond donors (Lipinski definition) is 1. The van der Waals surface area contributed by atoms with Crippen molar-refractivity contribution in [2.24, 2.45) is 0 Å². The molecule has 0 aliphatic carbocycles. The van der Waals surface area contributed by atoms with Crippen molar-refractivity contribution in [3.8, 4) is 17.1 Å². The maximum atomic E-state index is 6.15. The molecule has 1 aliphatic rings. The zero-order chi connectivity index (χ0) is 16.4. The first-order chi connectivity index (χ1) is 11.8. The number of thioether (sulfide) groups is 1. The molecule has 0 fully saturated rings. The van der Waals surface area contributed by atoms with Crippen molar-refractivity contribution in [1.82, 2.24) is 15.2 Å². The van der Waals surface area contributed by atoms with Gasteiger partial charge in [0.1, 0.15) is 0 Å². The molecular weight excluding hydrogens is 340 g/mol. The Morgan fingerprint density at radius 2 is 2.17 bits per heavy atom. The highest BCUT2D eigenvalue weighted by molar-refractivity contribution is 7.99. The van der Waals surface area contributed by atoms with Crippen LogP contribution in [-0.4, -0.2) is 20.9 Å². The molecule has 24 heavy (non-hydrogen) atoms. The zero-order valence-electron chi connectivity index (χ0n) is 12.7. The van der Waals surface area contributed by atoms with Gasteiger partial charge in [-0.05, 0) is 17.5 Å². The van der Waals surface area contributed by atoms with Crippen molar-refractivity contribution in [2.75, 3.05) is 11.1 Å². The van der Waals surface area contributed by atoms with Gasteiger partial charge in [-0.2, -0.15) is 4.98 Å². The molecule has 3 aromatic rings. The fraction of sp³-hybridized carbons (Fsp3) is 0.118. The summed E-state index contributed by atoms with van der Waals surface area (Å²) in [5.74, 6) is 1.22. The van der Waals surface area contributed by atoms with E-state index in [2.05, 4.69) is 27.1 Å². The van der Waals surface area contributed by atoms with Gasteiger partial charge in [-0.25, -0.2) is 0 Å². The lowest BCUT2D eigenvalue weighted by Crippen LogP contribution is -2.15. The van der Waals surface area contributed by atoms with Crippen molar-refractivity contribution >= 4 is 28.8 Å². The minimum absolute atomic E-state index is 0.304. The Balaban J connectivity index is 1.80. The number of nitrogens with zero attached hydrogens (tertiary/aromatic N) is 3. The number of nitrogens with one attached hydrogen (secondary N) is 1. The second-order valence-electron chi connectivity index (χ2n) is 5.05. The van der Waals surface area contributed by atoms with Crippen LogP contribution in [0.1, 0.15) is 11.1 Å². The minimum atomic E-state index is -0.304. The van der Waals surface area contributed by atoms with E-state index in [1.807, 2.05) is 47.9 Å². The van der Waals surface area contributed by atoms with Gasteiger partial charge >= 0.3 is 0 Å². The molecule has 0 amide bonds. The van der Waals surface area contributed by atoms with Crippen molar-refractivity contribution in [3.05, 3.63) is 59.3 Å². The first kappa shape index (κ1) is 15.2. The molecule has 1 aromatic carbocycles. The van der Waals surface area contributed by atoms with Crippen LogP contribution < -0.4 is 10.1 Å². The molecule has 5 nitrogen and oxygen atoms in total. The van der Waals surface area contributed by atoms with E-state index in [1.54, 1.807) is 11.3 Å². The van der Waals surface area contributed by atoms with Gasteiger partial charge in [0.2, 0.25) is 17.3 Å². The van der Waals surface area contributed by atoms with Gasteiger partial charge in [0.25, 0.3) is 0 Å². The SMILES string of the molecule is C=CCSc1nnc2c(n1)O[C@H](c1cccs1)Nc1ccccc1-2. The van der Waals surface area contributed by atoms with E-state index in [0.29, 0.717) is 16.7 Å². The van der Waals surface area contributed by atoms with Crippen molar-refractivity contribution in [2.45, 2.75) is 11.4 Å². The summed E-state index contributed by atoms with van der Waals surface area (Å²) in [6.45, 7) is 3.72. The maximum absolute atomic E-state index is 6.15. The summed E-state index contributed by atoms with van der Waals surface area (Å²) < 4.78 is 6.15. The third kappa shape index (κ3) is 2.88. The topological polar surface area (TPSA) is 59.9 Å². The smallest absolute Gasteiger partial charge is 0.247 e. The lowest BCUT2D eigenvalue weighted by molar-refractivity contribution is 0.229. The van der Waals surface area contributed by atoms with E-state index in [4.69, 9.17) is 4.74 Å². The number of aromatic nitrogens is 3. The lowest BCUT2D eigenvalue weighted by atomic mass is 10.1. The van der Waals surface area contributed by atoms with Crippen LogP contribution in [0.4, 0.5) is 5.69 Å². The first-order valence-corrected chi connectivity index (χ1v) is 9.26. The molecule has 3 heterocycles. The number of thiophene rings is 1. The largest absolute Gasteiger partial charge is 0.447 e. The molecule has 0 bridgehead atoms. The van der Waals surface area contributed by atoms with Crippen LogP contribution in [0.15, 0.2) is 59.6 Å². The second-order valence-corrected chi connectivity index (χ2v) is 7.02. The summed E-state index contributed by atoms with van der Waals surface area (Å²) in [6.07, 6.45) is 1.51. The molecule has 0 spiro atoms. The number of anilines is 1. The molecule has 0 saturated heterocycles. The minimum Gasteiger partial charge on any atom is -0.447 e. The Morgan fingerprint density at radius 1 is 1.25 bits per heavy atom. The predicted molar refractivity (Wildman–Crippen MR) is 97.5 cm³/mol. The number of ether oxygens (including phenoxy) is 1. The molecule has 0 radical (unpaired) electrons. The zero-order valence-corrected chi connectivity index (χ0v) is 14.3. The summed E-state index contributed by atoms with van der Waals surface area (Å²) >= 11 is 3.12. The van der Waals surface area contributed by atoms with Gasteiger partial charge in [-0.3, -0.25) is 0 Å². The molecule has 4 rings (SSSR count). The maximum Gasteiger partial charge on any atom is 0.247 e. The Hall–Kier alpha value is -2.38. The standard InChI is InChI=1S/C17H14N4OS2/c1-2-9-24-17-19-16-14(20-21-17)11-6-3-4-7-12(11)18-15(22-16)13-8-5-10-23-13/h2-8,10,15,18H,1,9H2/t15-/m1/s1. The van der Waals surface area contributed by atoms with Gasteiger partial charge in [0.15, 0.2) is 5.69 Å². The summed E-state index contributed by atoms with van der Waals surface area (Å²) in [7, 11) is 0. The first-order valence-electron chi connectivity index (χ1n) is 7.39.